The minimum atomic E-state index is 0.365. The molecule has 0 spiro atoms. The molecule has 1 heterocycles. The lowest BCUT2D eigenvalue weighted by Gasteiger charge is -2.16. The zero-order valence-electron chi connectivity index (χ0n) is 13.4. The second-order valence-corrected chi connectivity index (χ2v) is 6.01. The van der Waals surface area contributed by atoms with Crippen LogP contribution in [0.2, 0.25) is 0 Å². The number of nitrogens with one attached hydrogen (secondary N) is 1. The molecule has 3 rings (SSSR count). The summed E-state index contributed by atoms with van der Waals surface area (Å²) in [6.45, 7) is 5.01. The zero-order chi connectivity index (χ0) is 15.5. The Hall–Kier alpha value is -2.06. The maximum atomic E-state index is 6.08. The SMILES string of the molecule is CCc1ccc(C(CN)Cc2c(C)[nH]c3ccccc23)cc1. The number of para-hydroxylation sites is 1. The zero-order valence-corrected chi connectivity index (χ0v) is 13.4. The fourth-order valence-corrected chi connectivity index (χ4v) is 3.21. The Morgan fingerprint density at radius 3 is 2.45 bits per heavy atom. The van der Waals surface area contributed by atoms with Gasteiger partial charge in [0, 0.05) is 22.5 Å². The number of nitrogens with two attached hydrogens (primary N) is 1. The van der Waals surface area contributed by atoms with Crippen molar-refractivity contribution in [3.8, 4) is 0 Å². The molecule has 0 bridgehead atoms. The Morgan fingerprint density at radius 2 is 1.77 bits per heavy atom. The Bertz CT molecular complexity index is 753. The lowest BCUT2D eigenvalue weighted by molar-refractivity contribution is 0.694. The van der Waals surface area contributed by atoms with E-state index in [0.717, 1.165) is 12.8 Å². The second kappa shape index (κ2) is 6.37. The third kappa shape index (κ3) is 2.79. The van der Waals surface area contributed by atoms with Gasteiger partial charge in [-0.3, -0.25) is 0 Å². The van der Waals surface area contributed by atoms with Gasteiger partial charge in [0.2, 0.25) is 0 Å². The number of rotatable bonds is 5. The topological polar surface area (TPSA) is 41.8 Å². The summed E-state index contributed by atoms with van der Waals surface area (Å²) < 4.78 is 0. The average molecular weight is 292 g/mol. The summed E-state index contributed by atoms with van der Waals surface area (Å²) in [5.74, 6) is 0.365. The van der Waals surface area contributed by atoms with E-state index >= 15 is 0 Å². The summed E-state index contributed by atoms with van der Waals surface area (Å²) in [4.78, 5) is 3.49. The van der Waals surface area contributed by atoms with E-state index in [1.165, 1.54) is 33.3 Å². The predicted octanol–water partition coefficient (Wildman–Crippen LogP) is 4.32. The number of fused-ring (bicyclic) bond motifs is 1. The Balaban J connectivity index is 1.92. The second-order valence-electron chi connectivity index (χ2n) is 6.01. The van der Waals surface area contributed by atoms with Crippen molar-refractivity contribution in [1.29, 1.82) is 0 Å². The molecule has 2 nitrogen and oxygen atoms in total. The minimum absolute atomic E-state index is 0.365. The number of benzene rings is 2. The van der Waals surface area contributed by atoms with Crippen molar-refractivity contribution in [2.45, 2.75) is 32.6 Å². The molecule has 0 aliphatic rings. The molecule has 22 heavy (non-hydrogen) atoms. The highest BCUT2D eigenvalue weighted by Gasteiger charge is 2.15. The molecule has 0 saturated heterocycles. The number of aromatic nitrogens is 1. The molecule has 114 valence electrons. The van der Waals surface area contributed by atoms with E-state index in [0.29, 0.717) is 12.5 Å². The normalized spacial score (nSPS) is 12.7. The van der Waals surface area contributed by atoms with E-state index in [-0.39, 0.29) is 0 Å². The van der Waals surface area contributed by atoms with Crippen LogP contribution in [-0.4, -0.2) is 11.5 Å². The van der Waals surface area contributed by atoms with Crippen LogP contribution in [0.3, 0.4) is 0 Å². The van der Waals surface area contributed by atoms with E-state index in [9.17, 15) is 0 Å². The van der Waals surface area contributed by atoms with E-state index in [2.05, 4.69) is 67.4 Å². The van der Waals surface area contributed by atoms with Crippen LogP contribution in [0.4, 0.5) is 0 Å². The highest BCUT2D eigenvalue weighted by molar-refractivity contribution is 5.84. The van der Waals surface area contributed by atoms with Gasteiger partial charge in [0.1, 0.15) is 0 Å². The van der Waals surface area contributed by atoms with Crippen LogP contribution >= 0.6 is 0 Å². The smallest absolute Gasteiger partial charge is 0.0458 e. The first kappa shape index (κ1) is 14.9. The number of H-pyrrole nitrogens is 1. The van der Waals surface area contributed by atoms with Crippen LogP contribution in [0, 0.1) is 6.92 Å². The molecule has 1 unspecified atom stereocenters. The van der Waals surface area contributed by atoms with Gasteiger partial charge in [-0.15, -0.1) is 0 Å². The van der Waals surface area contributed by atoms with Crippen LogP contribution in [0.5, 0.6) is 0 Å². The minimum Gasteiger partial charge on any atom is -0.358 e. The Labute approximate surface area is 132 Å². The lowest BCUT2D eigenvalue weighted by Crippen LogP contribution is -2.15. The molecule has 0 amide bonds. The fourth-order valence-electron chi connectivity index (χ4n) is 3.21. The van der Waals surface area contributed by atoms with Gasteiger partial charge >= 0.3 is 0 Å². The molecule has 3 aromatic rings. The van der Waals surface area contributed by atoms with E-state index < -0.39 is 0 Å². The van der Waals surface area contributed by atoms with Crippen molar-refractivity contribution in [3.63, 3.8) is 0 Å². The van der Waals surface area contributed by atoms with E-state index in [4.69, 9.17) is 5.73 Å². The van der Waals surface area contributed by atoms with Gasteiger partial charge in [-0.1, -0.05) is 49.4 Å². The summed E-state index contributed by atoms with van der Waals surface area (Å²) in [5, 5.41) is 1.32. The highest BCUT2D eigenvalue weighted by Crippen LogP contribution is 2.28. The quantitative estimate of drug-likeness (QED) is 0.722. The Kier molecular flexibility index (Phi) is 4.30. The number of aryl methyl sites for hydroxylation is 2. The number of aromatic amines is 1. The van der Waals surface area contributed by atoms with Crippen LogP contribution in [0.15, 0.2) is 48.5 Å². The maximum absolute atomic E-state index is 6.08. The first-order valence-corrected chi connectivity index (χ1v) is 8.08. The Morgan fingerprint density at radius 1 is 1.05 bits per heavy atom. The van der Waals surface area contributed by atoms with Crippen LogP contribution in [-0.2, 0) is 12.8 Å². The highest BCUT2D eigenvalue weighted by atomic mass is 14.7. The summed E-state index contributed by atoms with van der Waals surface area (Å²) in [5.41, 5.74) is 12.7. The van der Waals surface area contributed by atoms with Crippen molar-refractivity contribution in [2.75, 3.05) is 6.54 Å². The largest absolute Gasteiger partial charge is 0.358 e. The molecule has 1 aromatic heterocycles. The molecule has 2 heteroatoms. The van der Waals surface area contributed by atoms with Crippen molar-refractivity contribution in [2.24, 2.45) is 5.73 Å². The summed E-state index contributed by atoms with van der Waals surface area (Å²) >= 11 is 0. The van der Waals surface area contributed by atoms with Crippen molar-refractivity contribution >= 4 is 10.9 Å². The van der Waals surface area contributed by atoms with Crippen molar-refractivity contribution in [3.05, 3.63) is 70.9 Å². The maximum Gasteiger partial charge on any atom is 0.0458 e. The first-order chi connectivity index (χ1) is 10.7. The monoisotopic (exact) mass is 292 g/mol. The fraction of sp³-hybridized carbons (Fsp3) is 0.300. The van der Waals surface area contributed by atoms with Gasteiger partial charge in [0.05, 0.1) is 0 Å². The van der Waals surface area contributed by atoms with Gasteiger partial charge in [-0.25, -0.2) is 0 Å². The molecule has 0 fully saturated rings. The molecule has 0 aliphatic carbocycles. The molecular formula is C20H24N2. The van der Waals surface area contributed by atoms with Crippen LogP contribution in [0.1, 0.15) is 35.2 Å². The van der Waals surface area contributed by atoms with Gasteiger partial charge in [0.25, 0.3) is 0 Å². The number of hydrogen-bond acceptors (Lipinski definition) is 1. The van der Waals surface area contributed by atoms with E-state index in [1.807, 2.05) is 0 Å². The van der Waals surface area contributed by atoms with Gasteiger partial charge in [0.15, 0.2) is 0 Å². The third-order valence-electron chi connectivity index (χ3n) is 4.62. The first-order valence-electron chi connectivity index (χ1n) is 8.08. The average Bonchev–Trinajstić information content (AvgIpc) is 2.88. The number of hydrogen-bond donors (Lipinski definition) is 2. The van der Waals surface area contributed by atoms with Gasteiger partial charge in [-0.2, -0.15) is 0 Å². The molecule has 1 atom stereocenters. The van der Waals surface area contributed by atoms with Gasteiger partial charge in [-0.05, 0) is 49.1 Å². The summed E-state index contributed by atoms with van der Waals surface area (Å²) in [7, 11) is 0. The van der Waals surface area contributed by atoms with Crippen LogP contribution in [0.25, 0.3) is 10.9 Å². The summed E-state index contributed by atoms with van der Waals surface area (Å²) in [6.07, 6.45) is 2.06. The van der Waals surface area contributed by atoms with Crippen LogP contribution < -0.4 is 5.73 Å². The predicted molar refractivity (Wildman–Crippen MR) is 94.4 cm³/mol. The van der Waals surface area contributed by atoms with Gasteiger partial charge < -0.3 is 10.7 Å². The summed E-state index contributed by atoms with van der Waals surface area (Å²) in [6, 6.07) is 17.4. The molecule has 0 saturated carbocycles. The van der Waals surface area contributed by atoms with Crippen molar-refractivity contribution < 1.29 is 0 Å². The molecule has 3 N–H and O–H groups in total. The standard InChI is InChI=1S/C20H24N2/c1-3-15-8-10-16(11-9-15)17(13-21)12-19-14(2)22-20-7-5-4-6-18(19)20/h4-11,17,22H,3,12-13,21H2,1-2H3. The van der Waals surface area contributed by atoms with Crippen molar-refractivity contribution in [1.82, 2.24) is 4.98 Å². The lowest BCUT2D eigenvalue weighted by atomic mass is 9.90. The van der Waals surface area contributed by atoms with E-state index in [1.54, 1.807) is 0 Å². The molecule has 0 radical (unpaired) electrons. The third-order valence-corrected chi connectivity index (χ3v) is 4.62. The molecule has 0 aliphatic heterocycles. The molecular weight excluding hydrogens is 268 g/mol. The molecule has 2 aromatic carbocycles.